The number of carbonyl (C=O) groups excluding carboxylic acids is 2. The van der Waals surface area contributed by atoms with Crippen LogP contribution in [0.2, 0.25) is 0 Å². The number of aromatic nitrogens is 1. The van der Waals surface area contributed by atoms with E-state index in [1.54, 1.807) is 6.92 Å². The minimum Gasteiger partial charge on any atom is -0.448 e. The van der Waals surface area contributed by atoms with Gasteiger partial charge in [-0.2, -0.15) is 0 Å². The highest BCUT2D eigenvalue weighted by Gasteiger charge is 2.38. The Balaban J connectivity index is 2.06. The Morgan fingerprint density at radius 1 is 1.67 bits per heavy atom. The highest BCUT2D eigenvalue weighted by molar-refractivity contribution is 5.87. The van der Waals surface area contributed by atoms with Gasteiger partial charge in [0, 0.05) is 6.42 Å². The summed E-state index contributed by atoms with van der Waals surface area (Å²) in [5.74, 6) is -0.837. The fraction of sp³-hybridized carbons (Fsp3) is 0.545. The number of oxazole rings is 1. The van der Waals surface area contributed by atoms with Crippen molar-refractivity contribution in [2.24, 2.45) is 5.73 Å². The molecule has 18 heavy (non-hydrogen) atoms. The van der Waals surface area contributed by atoms with E-state index in [0.29, 0.717) is 5.69 Å². The van der Waals surface area contributed by atoms with E-state index in [1.807, 2.05) is 0 Å². The van der Waals surface area contributed by atoms with Gasteiger partial charge in [0.25, 0.3) is 0 Å². The zero-order chi connectivity index (χ0) is 13.3. The van der Waals surface area contributed by atoms with Gasteiger partial charge in [0.1, 0.15) is 24.9 Å². The number of hydrogen-bond acceptors (Lipinski definition) is 4. The topological polar surface area (TPSA) is 89.4 Å². The van der Waals surface area contributed by atoms with Crippen LogP contribution in [0.1, 0.15) is 18.0 Å². The summed E-state index contributed by atoms with van der Waals surface area (Å²) in [7, 11) is 0. The lowest BCUT2D eigenvalue weighted by atomic mass is 10.2. The zero-order valence-corrected chi connectivity index (χ0v) is 9.93. The fourth-order valence-corrected chi connectivity index (χ4v) is 2.04. The molecular formula is C11H14FN3O3. The van der Waals surface area contributed by atoms with Gasteiger partial charge in [-0.3, -0.25) is 9.59 Å². The summed E-state index contributed by atoms with van der Waals surface area (Å²) in [6.45, 7) is 1.63. The molecule has 2 N–H and O–H groups in total. The molecule has 0 radical (unpaired) electrons. The van der Waals surface area contributed by atoms with Crippen LogP contribution in [-0.4, -0.2) is 40.5 Å². The number of likely N-dealkylation sites (tertiary alicyclic amines) is 1. The Hall–Kier alpha value is -1.92. The number of halogens is 1. The van der Waals surface area contributed by atoms with E-state index < -0.39 is 24.0 Å². The monoisotopic (exact) mass is 255 g/mol. The van der Waals surface area contributed by atoms with E-state index in [4.69, 9.17) is 10.2 Å². The third kappa shape index (κ3) is 2.49. The Bertz CT molecular complexity index is 474. The highest BCUT2D eigenvalue weighted by atomic mass is 19.1. The third-order valence-corrected chi connectivity index (χ3v) is 2.87. The average Bonchev–Trinajstić information content (AvgIpc) is 2.85. The molecule has 1 aliphatic rings. The van der Waals surface area contributed by atoms with Crippen LogP contribution >= 0.6 is 0 Å². The van der Waals surface area contributed by atoms with Gasteiger partial charge in [0.05, 0.1) is 12.2 Å². The van der Waals surface area contributed by atoms with Crippen molar-refractivity contribution in [2.75, 3.05) is 6.54 Å². The van der Waals surface area contributed by atoms with Crippen LogP contribution in [0.15, 0.2) is 10.7 Å². The number of hydrogen-bond donors (Lipinski definition) is 1. The first-order valence-electron chi connectivity index (χ1n) is 5.61. The second kappa shape index (κ2) is 4.75. The molecule has 98 valence electrons. The Morgan fingerprint density at radius 3 is 2.94 bits per heavy atom. The molecule has 0 bridgehead atoms. The predicted molar refractivity (Wildman–Crippen MR) is 59.2 cm³/mol. The lowest BCUT2D eigenvalue weighted by molar-refractivity contribution is -0.137. The van der Waals surface area contributed by atoms with E-state index >= 15 is 0 Å². The van der Waals surface area contributed by atoms with Gasteiger partial charge in [-0.25, -0.2) is 9.37 Å². The maximum atomic E-state index is 13.2. The van der Waals surface area contributed by atoms with Gasteiger partial charge in [-0.05, 0) is 6.92 Å². The number of carbonyl (C=O) groups is 2. The molecule has 1 aromatic rings. The summed E-state index contributed by atoms with van der Waals surface area (Å²) in [5, 5.41) is 0. The van der Waals surface area contributed by atoms with Crippen LogP contribution in [0.25, 0.3) is 0 Å². The molecule has 1 aliphatic heterocycles. The highest BCUT2D eigenvalue weighted by Crippen LogP contribution is 2.21. The number of rotatable bonds is 3. The average molecular weight is 255 g/mol. The molecule has 6 nitrogen and oxygen atoms in total. The lowest BCUT2D eigenvalue weighted by Crippen LogP contribution is -2.44. The minimum atomic E-state index is -1.21. The van der Waals surface area contributed by atoms with Crippen LogP contribution in [0.5, 0.6) is 0 Å². The maximum absolute atomic E-state index is 13.2. The lowest BCUT2D eigenvalue weighted by Gasteiger charge is -2.20. The smallest absolute Gasteiger partial charge is 0.240 e. The molecule has 7 heteroatoms. The Morgan fingerprint density at radius 2 is 2.39 bits per heavy atom. The summed E-state index contributed by atoms with van der Waals surface area (Å²) < 4.78 is 18.3. The summed E-state index contributed by atoms with van der Waals surface area (Å²) in [6, 6.07) is -0.872. The molecule has 2 unspecified atom stereocenters. The molecule has 0 aromatic carbocycles. The van der Waals surface area contributed by atoms with E-state index in [0.717, 1.165) is 4.90 Å². The molecule has 1 aromatic heterocycles. The maximum Gasteiger partial charge on any atom is 0.240 e. The standard InChI is InChI=1S/C11H14FN3O3/c1-6-5-18-9(14-6)3-10(16)15-4-7(12)2-8(15)11(13)17/h5,7-8H,2-4H2,1H3,(H2,13,17). The zero-order valence-electron chi connectivity index (χ0n) is 9.93. The Labute approximate surface area is 103 Å². The number of aryl methyl sites for hydroxylation is 1. The van der Waals surface area contributed by atoms with E-state index in [-0.39, 0.29) is 25.3 Å². The van der Waals surface area contributed by atoms with Crippen molar-refractivity contribution >= 4 is 11.8 Å². The van der Waals surface area contributed by atoms with Crippen molar-refractivity contribution in [3.63, 3.8) is 0 Å². The molecule has 2 amide bonds. The number of primary amides is 1. The molecule has 2 atom stereocenters. The number of amides is 2. The van der Waals surface area contributed by atoms with Gasteiger partial charge in [0.15, 0.2) is 0 Å². The Kier molecular flexibility index (Phi) is 3.31. The molecule has 2 heterocycles. The summed E-state index contributed by atoms with van der Waals surface area (Å²) in [4.78, 5) is 28.2. The number of nitrogens with two attached hydrogens (primary N) is 1. The summed E-state index contributed by atoms with van der Waals surface area (Å²) in [6.07, 6.45) is 0.0873. The van der Waals surface area contributed by atoms with Crippen LogP contribution in [0, 0.1) is 6.92 Å². The number of alkyl halides is 1. The van der Waals surface area contributed by atoms with Crippen LogP contribution < -0.4 is 5.73 Å². The second-order valence-electron chi connectivity index (χ2n) is 4.36. The van der Waals surface area contributed by atoms with Crippen molar-refractivity contribution in [1.29, 1.82) is 0 Å². The van der Waals surface area contributed by atoms with Gasteiger partial charge in [-0.15, -0.1) is 0 Å². The first-order valence-corrected chi connectivity index (χ1v) is 5.61. The minimum absolute atomic E-state index is 0.0360. The molecule has 1 saturated heterocycles. The summed E-state index contributed by atoms with van der Waals surface area (Å²) in [5.41, 5.74) is 5.81. The van der Waals surface area contributed by atoms with Gasteiger partial charge < -0.3 is 15.1 Å². The molecule has 0 aliphatic carbocycles. The second-order valence-corrected chi connectivity index (χ2v) is 4.36. The third-order valence-electron chi connectivity index (χ3n) is 2.87. The van der Waals surface area contributed by atoms with Crippen molar-refractivity contribution in [2.45, 2.75) is 32.0 Å². The van der Waals surface area contributed by atoms with Gasteiger partial charge >= 0.3 is 0 Å². The molecular weight excluding hydrogens is 241 g/mol. The van der Waals surface area contributed by atoms with E-state index in [2.05, 4.69) is 4.98 Å². The van der Waals surface area contributed by atoms with Crippen molar-refractivity contribution in [1.82, 2.24) is 9.88 Å². The van der Waals surface area contributed by atoms with Crippen LogP contribution in [0.3, 0.4) is 0 Å². The first-order chi connectivity index (χ1) is 8.47. The largest absolute Gasteiger partial charge is 0.448 e. The van der Waals surface area contributed by atoms with Crippen molar-refractivity contribution in [3.8, 4) is 0 Å². The molecule has 1 fully saturated rings. The van der Waals surface area contributed by atoms with Crippen molar-refractivity contribution < 1.29 is 18.4 Å². The normalized spacial score (nSPS) is 23.3. The van der Waals surface area contributed by atoms with Gasteiger partial charge in [-0.1, -0.05) is 0 Å². The number of nitrogens with zero attached hydrogens (tertiary/aromatic N) is 2. The van der Waals surface area contributed by atoms with E-state index in [1.165, 1.54) is 6.26 Å². The first kappa shape index (κ1) is 12.5. The molecule has 0 saturated carbocycles. The SMILES string of the molecule is Cc1coc(CC(=O)N2CC(F)CC2C(N)=O)n1. The summed E-state index contributed by atoms with van der Waals surface area (Å²) >= 11 is 0. The van der Waals surface area contributed by atoms with Crippen LogP contribution in [-0.2, 0) is 16.0 Å². The fourth-order valence-electron chi connectivity index (χ4n) is 2.04. The predicted octanol–water partition coefficient (Wildman–Crippen LogP) is -0.0502. The molecule has 2 rings (SSSR count). The quantitative estimate of drug-likeness (QED) is 0.820. The van der Waals surface area contributed by atoms with Crippen molar-refractivity contribution in [3.05, 3.63) is 17.8 Å². The van der Waals surface area contributed by atoms with E-state index in [9.17, 15) is 14.0 Å². The van der Waals surface area contributed by atoms with Gasteiger partial charge in [0.2, 0.25) is 17.7 Å². The molecule has 0 spiro atoms. The van der Waals surface area contributed by atoms with Crippen LogP contribution in [0.4, 0.5) is 4.39 Å².